The number of hydrogen-bond donors (Lipinski definition) is 1. The van der Waals surface area contributed by atoms with Gasteiger partial charge in [-0.15, -0.1) is 0 Å². The Morgan fingerprint density at radius 1 is 1.20 bits per heavy atom. The zero-order chi connectivity index (χ0) is 14.5. The highest BCUT2D eigenvalue weighted by molar-refractivity contribution is 5.53. The van der Waals surface area contributed by atoms with Gasteiger partial charge in [-0.1, -0.05) is 30.3 Å². The molecule has 0 bridgehead atoms. The molecule has 104 valence electrons. The summed E-state index contributed by atoms with van der Waals surface area (Å²) >= 11 is 0. The van der Waals surface area contributed by atoms with Gasteiger partial charge in [0.25, 0.3) is 0 Å². The molecule has 0 amide bonds. The van der Waals surface area contributed by atoms with E-state index in [0.717, 1.165) is 5.56 Å². The van der Waals surface area contributed by atoms with Crippen molar-refractivity contribution in [1.82, 2.24) is 0 Å². The van der Waals surface area contributed by atoms with Crippen molar-refractivity contribution in [3.63, 3.8) is 0 Å². The van der Waals surface area contributed by atoms with Crippen molar-refractivity contribution >= 4 is 5.69 Å². The van der Waals surface area contributed by atoms with Gasteiger partial charge in [-0.05, 0) is 30.5 Å². The van der Waals surface area contributed by atoms with Crippen LogP contribution in [0.2, 0.25) is 0 Å². The van der Waals surface area contributed by atoms with Crippen LogP contribution < -0.4 is 4.74 Å². The van der Waals surface area contributed by atoms with Crippen LogP contribution in [0.5, 0.6) is 11.5 Å². The van der Waals surface area contributed by atoms with Crippen LogP contribution in [0.25, 0.3) is 0 Å². The van der Waals surface area contributed by atoms with E-state index in [4.69, 9.17) is 9.84 Å². The second kappa shape index (κ2) is 6.16. The smallest absolute Gasteiger partial charge is 0.311 e. The Morgan fingerprint density at radius 3 is 2.65 bits per heavy atom. The number of nitro groups is 1. The average molecular weight is 273 g/mol. The highest BCUT2D eigenvalue weighted by atomic mass is 16.6. The van der Waals surface area contributed by atoms with Gasteiger partial charge < -0.3 is 9.84 Å². The van der Waals surface area contributed by atoms with Gasteiger partial charge in [0.1, 0.15) is 5.75 Å². The van der Waals surface area contributed by atoms with Gasteiger partial charge in [0, 0.05) is 12.7 Å². The monoisotopic (exact) mass is 273 g/mol. The van der Waals surface area contributed by atoms with E-state index in [1.54, 1.807) is 31.2 Å². The van der Waals surface area contributed by atoms with Crippen molar-refractivity contribution in [3.05, 3.63) is 63.7 Å². The number of aliphatic hydroxyl groups excluding tert-OH is 1. The molecular formula is C15H15NO4. The Kier molecular flexibility index (Phi) is 4.32. The lowest BCUT2D eigenvalue weighted by Gasteiger charge is -2.12. The molecule has 0 aliphatic heterocycles. The molecule has 0 aliphatic carbocycles. The SMILES string of the molecule is Cc1cccc([N+](=O)[O-])c1Oc1ccccc1CCO. The summed E-state index contributed by atoms with van der Waals surface area (Å²) < 4.78 is 5.73. The van der Waals surface area contributed by atoms with E-state index in [-0.39, 0.29) is 18.0 Å². The lowest BCUT2D eigenvalue weighted by atomic mass is 10.1. The van der Waals surface area contributed by atoms with E-state index in [9.17, 15) is 10.1 Å². The minimum atomic E-state index is -0.461. The van der Waals surface area contributed by atoms with Crippen LogP contribution in [0.15, 0.2) is 42.5 Å². The summed E-state index contributed by atoms with van der Waals surface area (Å²) in [6.45, 7) is 1.76. The Balaban J connectivity index is 2.42. The molecule has 0 radical (unpaired) electrons. The summed E-state index contributed by atoms with van der Waals surface area (Å²) in [5.41, 5.74) is 1.44. The summed E-state index contributed by atoms with van der Waals surface area (Å²) in [7, 11) is 0. The summed E-state index contributed by atoms with van der Waals surface area (Å²) in [6.07, 6.45) is 0.440. The van der Waals surface area contributed by atoms with Crippen molar-refractivity contribution in [2.75, 3.05) is 6.61 Å². The van der Waals surface area contributed by atoms with Crippen molar-refractivity contribution in [2.45, 2.75) is 13.3 Å². The van der Waals surface area contributed by atoms with Crippen LogP contribution in [0, 0.1) is 17.0 Å². The summed E-state index contributed by atoms with van der Waals surface area (Å²) in [6, 6.07) is 12.0. The molecule has 0 heterocycles. The molecule has 0 fully saturated rings. The molecule has 0 atom stereocenters. The van der Waals surface area contributed by atoms with Gasteiger partial charge in [-0.3, -0.25) is 10.1 Å². The molecule has 5 nitrogen and oxygen atoms in total. The van der Waals surface area contributed by atoms with Gasteiger partial charge in [0.15, 0.2) is 0 Å². The first-order chi connectivity index (χ1) is 9.63. The number of benzene rings is 2. The second-order valence-electron chi connectivity index (χ2n) is 4.36. The fourth-order valence-electron chi connectivity index (χ4n) is 1.95. The summed E-state index contributed by atoms with van der Waals surface area (Å²) in [4.78, 5) is 10.6. The summed E-state index contributed by atoms with van der Waals surface area (Å²) in [5, 5.41) is 20.1. The zero-order valence-electron chi connectivity index (χ0n) is 11.1. The normalized spacial score (nSPS) is 10.3. The number of para-hydroxylation sites is 2. The van der Waals surface area contributed by atoms with E-state index < -0.39 is 4.92 Å². The zero-order valence-corrected chi connectivity index (χ0v) is 11.1. The number of nitro benzene ring substituents is 1. The second-order valence-corrected chi connectivity index (χ2v) is 4.36. The number of rotatable bonds is 5. The highest BCUT2D eigenvalue weighted by Gasteiger charge is 2.18. The number of ether oxygens (including phenoxy) is 1. The lowest BCUT2D eigenvalue weighted by molar-refractivity contribution is -0.385. The third kappa shape index (κ3) is 2.95. The molecular weight excluding hydrogens is 258 g/mol. The first-order valence-corrected chi connectivity index (χ1v) is 6.24. The van der Waals surface area contributed by atoms with Gasteiger partial charge in [0.05, 0.1) is 4.92 Å². The molecule has 0 saturated heterocycles. The molecule has 1 N–H and O–H groups in total. The molecule has 0 saturated carbocycles. The Labute approximate surface area is 116 Å². The van der Waals surface area contributed by atoms with E-state index in [2.05, 4.69) is 0 Å². The topological polar surface area (TPSA) is 72.6 Å². The minimum absolute atomic E-state index is 0.00373. The molecule has 0 spiro atoms. The standard InChI is InChI=1S/C15H15NO4/c1-11-5-4-7-13(16(18)19)15(11)20-14-8-3-2-6-12(14)9-10-17/h2-8,17H,9-10H2,1H3. The van der Waals surface area contributed by atoms with Crippen LogP contribution in [0.1, 0.15) is 11.1 Å². The molecule has 2 rings (SSSR count). The van der Waals surface area contributed by atoms with Gasteiger partial charge in [-0.2, -0.15) is 0 Å². The molecule has 0 aliphatic rings. The Hall–Kier alpha value is -2.40. The van der Waals surface area contributed by atoms with Crippen LogP contribution in [0.4, 0.5) is 5.69 Å². The molecule has 2 aromatic rings. The van der Waals surface area contributed by atoms with Crippen molar-refractivity contribution in [1.29, 1.82) is 0 Å². The van der Waals surface area contributed by atoms with Crippen LogP contribution in [-0.4, -0.2) is 16.6 Å². The van der Waals surface area contributed by atoms with Gasteiger partial charge >= 0.3 is 5.69 Å². The number of hydrogen-bond acceptors (Lipinski definition) is 4. The van der Waals surface area contributed by atoms with Crippen LogP contribution in [0.3, 0.4) is 0 Å². The quantitative estimate of drug-likeness (QED) is 0.670. The van der Waals surface area contributed by atoms with E-state index >= 15 is 0 Å². The molecule has 2 aromatic carbocycles. The van der Waals surface area contributed by atoms with Crippen molar-refractivity contribution < 1.29 is 14.8 Å². The fourth-order valence-corrected chi connectivity index (χ4v) is 1.95. The molecule has 20 heavy (non-hydrogen) atoms. The van der Waals surface area contributed by atoms with Gasteiger partial charge in [0.2, 0.25) is 5.75 Å². The number of aryl methyl sites for hydroxylation is 1. The predicted molar refractivity (Wildman–Crippen MR) is 75.1 cm³/mol. The number of aliphatic hydroxyl groups is 1. The first kappa shape index (κ1) is 14.0. The Morgan fingerprint density at radius 2 is 1.95 bits per heavy atom. The predicted octanol–water partition coefficient (Wildman–Crippen LogP) is 3.23. The fraction of sp³-hybridized carbons (Fsp3) is 0.200. The first-order valence-electron chi connectivity index (χ1n) is 6.24. The van der Waals surface area contributed by atoms with E-state index in [1.807, 2.05) is 12.1 Å². The van der Waals surface area contributed by atoms with Crippen molar-refractivity contribution in [2.24, 2.45) is 0 Å². The maximum atomic E-state index is 11.1. The summed E-state index contributed by atoms with van der Waals surface area (Å²) in [5.74, 6) is 0.766. The van der Waals surface area contributed by atoms with E-state index in [0.29, 0.717) is 17.7 Å². The third-order valence-electron chi connectivity index (χ3n) is 2.95. The third-order valence-corrected chi connectivity index (χ3v) is 2.95. The van der Waals surface area contributed by atoms with Crippen molar-refractivity contribution in [3.8, 4) is 11.5 Å². The average Bonchev–Trinajstić information content (AvgIpc) is 2.43. The minimum Gasteiger partial charge on any atom is -0.450 e. The maximum Gasteiger partial charge on any atom is 0.311 e. The molecule has 0 aromatic heterocycles. The highest BCUT2D eigenvalue weighted by Crippen LogP contribution is 2.35. The van der Waals surface area contributed by atoms with Crippen LogP contribution in [-0.2, 0) is 6.42 Å². The largest absolute Gasteiger partial charge is 0.450 e. The lowest BCUT2D eigenvalue weighted by Crippen LogP contribution is -1.99. The van der Waals surface area contributed by atoms with Crippen LogP contribution >= 0.6 is 0 Å². The Bertz CT molecular complexity index is 625. The maximum absolute atomic E-state index is 11.1. The van der Waals surface area contributed by atoms with E-state index in [1.165, 1.54) is 6.07 Å². The number of nitrogens with zero attached hydrogens (tertiary/aromatic N) is 1. The molecule has 5 heteroatoms. The van der Waals surface area contributed by atoms with Gasteiger partial charge in [-0.25, -0.2) is 0 Å². The molecule has 0 unspecified atom stereocenters.